The molecule has 0 aliphatic carbocycles. The number of benzene rings is 1. The second-order valence-electron chi connectivity index (χ2n) is 4.54. The third-order valence-electron chi connectivity index (χ3n) is 1.57. The highest BCUT2D eigenvalue weighted by atomic mass is 16.7. The fraction of sp³-hybridized carbons (Fsp3) is 0.500. The molecule has 1 rings (SSSR count). The van der Waals surface area contributed by atoms with Gasteiger partial charge in [0.15, 0.2) is 11.5 Å². The Morgan fingerprint density at radius 1 is 0.812 bits per heavy atom. The number of ether oxygens (including phenoxy) is 2. The lowest BCUT2D eigenvalue weighted by Gasteiger charge is -2.25. The van der Waals surface area contributed by atoms with Crippen molar-refractivity contribution < 1.29 is 19.7 Å². The first-order chi connectivity index (χ1) is 7.17. The summed E-state index contributed by atoms with van der Waals surface area (Å²) in [7, 11) is 0. The summed E-state index contributed by atoms with van der Waals surface area (Å²) < 4.78 is 10.6. The van der Waals surface area contributed by atoms with Crippen LogP contribution in [-0.2, 0) is 0 Å². The second kappa shape index (κ2) is 4.31. The first-order valence-electron chi connectivity index (χ1n) is 5.09. The van der Waals surface area contributed by atoms with E-state index in [9.17, 15) is 10.2 Å². The summed E-state index contributed by atoms with van der Waals surface area (Å²) in [4.78, 5) is 0. The zero-order valence-electron chi connectivity index (χ0n) is 10.0. The van der Waals surface area contributed by atoms with Gasteiger partial charge >= 0.3 is 0 Å². The van der Waals surface area contributed by atoms with Crippen LogP contribution < -0.4 is 9.47 Å². The van der Waals surface area contributed by atoms with Gasteiger partial charge in [0.1, 0.15) is 0 Å². The van der Waals surface area contributed by atoms with E-state index in [0.29, 0.717) is 11.5 Å². The average Bonchev–Trinajstić information content (AvgIpc) is 2.03. The number of hydrogen-bond donors (Lipinski definition) is 2. The summed E-state index contributed by atoms with van der Waals surface area (Å²) in [5.41, 5.74) is 0. The number of aliphatic hydroxyl groups is 2. The highest BCUT2D eigenvalue weighted by molar-refractivity contribution is 5.40. The molecule has 0 aliphatic rings. The van der Waals surface area contributed by atoms with E-state index in [1.54, 1.807) is 24.3 Å². The van der Waals surface area contributed by atoms with Gasteiger partial charge in [-0.3, -0.25) is 0 Å². The summed E-state index contributed by atoms with van der Waals surface area (Å²) in [6, 6.07) is 6.86. The summed E-state index contributed by atoms with van der Waals surface area (Å²) >= 11 is 0. The van der Waals surface area contributed by atoms with E-state index in [-0.39, 0.29) is 0 Å². The van der Waals surface area contributed by atoms with Gasteiger partial charge in [0.05, 0.1) is 0 Å². The highest BCUT2D eigenvalue weighted by Crippen LogP contribution is 2.31. The molecule has 0 unspecified atom stereocenters. The van der Waals surface area contributed by atoms with Gasteiger partial charge in [-0.05, 0) is 12.1 Å². The van der Waals surface area contributed by atoms with Crippen molar-refractivity contribution in [3.63, 3.8) is 0 Å². The van der Waals surface area contributed by atoms with Gasteiger partial charge in [-0.2, -0.15) is 0 Å². The predicted molar refractivity (Wildman–Crippen MR) is 60.3 cm³/mol. The maximum atomic E-state index is 9.55. The molecular formula is C12H18O4. The highest BCUT2D eigenvalue weighted by Gasteiger charge is 2.20. The molecule has 0 fully saturated rings. The molecule has 0 radical (unpaired) electrons. The molecule has 0 bridgehead atoms. The lowest BCUT2D eigenvalue weighted by molar-refractivity contribution is -0.122. The topological polar surface area (TPSA) is 58.9 Å². The van der Waals surface area contributed by atoms with E-state index in [1.165, 1.54) is 27.7 Å². The SMILES string of the molecule is CC(C)(O)Oc1ccccc1OC(C)(C)O. The Morgan fingerprint density at radius 2 is 1.12 bits per heavy atom. The lowest BCUT2D eigenvalue weighted by atomic mass is 10.3. The van der Waals surface area contributed by atoms with Crippen LogP contribution in [0.1, 0.15) is 27.7 Å². The maximum Gasteiger partial charge on any atom is 0.202 e. The molecule has 90 valence electrons. The Kier molecular flexibility index (Phi) is 3.45. The van der Waals surface area contributed by atoms with Crippen molar-refractivity contribution in [2.45, 2.75) is 39.3 Å². The largest absolute Gasteiger partial charge is 0.459 e. The molecule has 0 saturated heterocycles. The van der Waals surface area contributed by atoms with Crippen LogP contribution >= 0.6 is 0 Å². The minimum absolute atomic E-state index is 0.386. The molecular weight excluding hydrogens is 208 g/mol. The molecule has 0 atom stereocenters. The monoisotopic (exact) mass is 226 g/mol. The maximum absolute atomic E-state index is 9.55. The van der Waals surface area contributed by atoms with Crippen molar-refractivity contribution in [3.05, 3.63) is 24.3 Å². The Hall–Kier alpha value is -1.26. The molecule has 2 N–H and O–H groups in total. The third-order valence-corrected chi connectivity index (χ3v) is 1.57. The van der Waals surface area contributed by atoms with Gasteiger partial charge in [-0.15, -0.1) is 0 Å². The van der Waals surface area contributed by atoms with Crippen LogP contribution in [0.4, 0.5) is 0 Å². The van der Waals surface area contributed by atoms with Crippen molar-refractivity contribution in [1.29, 1.82) is 0 Å². The first-order valence-corrected chi connectivity index (χ1v) is 5.09. The van der Waals surface area contributed by atoms with Crippen LogP contribution in [0.5, 0.6) is 11.5 Å². The predicted octanol–water partition coefficient (Wildman–Crippen LogP) is 1.90. The summed E-state index contributed by atoms with van der Waals surface area (Å²) in [5.74, 6) is -1.81. The Morgan fingerprint density at radius 3 is 1.38 bits per heavy atom. The van der Waals surface area contributed by atoms with E-state index >= 15 is 0 Å². The zero-order chi connectivity index (χ0) is 12.4. The van der Waals surface area contributed by atoms with Crippen molar-refractivity contribution >= 4 is 0 Å². The molecule has 0 heterocycles. The van der Waals surface area contributed by atoms with Crippen LogP contribution in [0.2, 0.25) is 0 Å². The minimum atomic E-state index is -1.29. The molecule has 0 aliphatic heterocycles. The van der Waals surface area contributed by atoms with Crippen LogP contribution in [0.15, 0.2) is 24.3 Å². The van der Waals surface area contributed by atoms with Gasteiger partial charge < -0.3 is 19.7 Å². The van der Waals surface area contributed by atoms with Crippen molar-refractivity contribution in [3.8, 4) is 11.5 Å². The lowest BCUT2D eigenvalue weighted by Crippen LogP contribution is -2.30. The van der Waals surface area contributed by atoms with Crippen LogP contribution in [0.25, 0.3) is 0 Å². The van der Waals surface area contributed by atoms with E-state index in [4.69, 9.17) is 9.47 Å². The molecule has 4 nitrogen and oxygen atoms in total. The second-order valence-corrected chi connectivity index (χ2v) is 4.54. The summed E-state index contributed by atoms with van der Waals surface area (Å²) in [6.45, 7) is 6.09. The Labute approximate surface area is 95.4 Å². The van der Waals surface area contributed by atoms with E-state index in [0.717, 1.165) is 0 Å². The molecule has 1 aromatic rings. The average molecular weight is 226 g/mol. The quantitative estimate of drug-likeness (QED) is 0.770. The zero-order valence-corrected chi connectivity index (χ0v) is 10.0. The molecule has 0 amide bonds. The van der Waals surface area contributed by atoms with Gasteiger partial charge in [0.2, 0.25) is 11.6 Å². The van der Waals surface area contributed by atoms with Crippen molar-refractivity contribution in [1.82, 2.24) is 0 Å². The van der Waals surface area contributed by atoms with E-state index in [1.807, 2.05) is 0 Å². The van der Waals surface area contributed by atoms with Crippen LogP contribution in [-0.4, -0.2) is 21.8 Å². The fourth-order valence-electron chi connectivity index (χ4n) is 1.16. The molecule has 0 aromatic heterocycles. The Balaban J connectivity index is 2.92. The van der Waals surface area contributed by atoms with Crippen LogP contribution in [0.3, 0.4) is 0 Å². The number of para-hydroxylation sites is 2. The summed E-state index contributed by atoms with van der Waals surface area (Å²) in [5, 5.41) is 19.1. The first kappa shape index (κ1) is 12.8. The number of hydrogen-bond acceptors (Lipinski definition) is 4. The molecule has 4 heteroatoms. The molecule has 0 spiro atoms. The number of rotatable bonds is 4. The van der Waals surface area contributed by atoms with Gasteiger partial charge in [0.25, 0.3) is 0 Å². The Bertz CT molecular complexity index is 312. The van der Waals surface area contributed by atoms with Gasteiger partial charge in [-0.1, -0.05) is 12.1 Å². The molecule has 16 heavy (non-hydrogen) atoms. The van der Waals surface area contributed by atoms with E-state index < -0.39 is 11.6 Å². The van der Waals surface area contributed by atoms with Gasteiger partial charge in [-0.25, -0.2) is 0 Å². The molecule has 1 aromatic carbocycles. The van der Waals surface area contributed by atoms with E-state index in [2.05, 4.69) is 0 Å². The smallest absolute Gasteiger partial charge is 0.202 e. The standard InChI is InChI=1S/C12H18O4/c1-11(2,13)15-9-7-5-6-8-10(9)16-12(3,4)14/h5-8,13-14H,1-4H3. The minimum Gasteiger partial charge on any atom is -0.459 e. The van der Waals surface area contributed by atoms with Crippen LogP contribution in [0, 0.1) is 0 Å². The summed E-state index contributed by atoms with van der Waals surface area (Å²) in [6.07, 6.45) is 0. The van der Waals surface area contributed by atoms with Crippen molar-refractivity contribution in [2.75, 3.05) is 0 Å². The van der Waals surface area contributed by atoms with Gasteiger partial charge in [0, 0.05) is 27.7 Å². The van der Waals surface area contributed by atoms with Crippen molar-refractivity contribution in [2.24, 2.45) is 0 Å². The molecule has 0 saturated carbocycles. The fourth-order valence-corrected chi connectivity index (χ4v) is 1.16. The third kappa shape index (κ3) is 4.51. The normalized spacial score (nSPS) is 12.4.